The van der Waals surface area contributed by atoms with E-state index in [-0.39, 0.29) is 6.61 Å². The second kappa shape index (κ2) is 8.06. The first-order valence-electron chi connectivity index (χ1n) is 8.34. The van der Waals surface area contributed by atoms with Crippen molar-refractivity contribution >= 4 is 23.6 Å². The number of carbonyl (C=O) groups is 2. The van der Waals surface area contributed by atoms with Gasteiger partial charge in [0.15, 0.2) is 0 Å². The molecule has 0 atom stereocenters. The molecule has 0 fully saturated rings. The summed E-state index contributed by atoms with van der Waals surface area (Å²) in [7, 11) is 0. The van der Waals surface area contributed by atoms with E-state index in [2.05, 4.69) is 43.1 Å². The van der Waals surface area contributed by atoms with Crippen molar-refractivity contribution in [3.8, 4) is 10.6 Å². The molecule has 0 saturated carbocycles. The van der Waals surface area contributed by atoms with E-state index in [9.17, 15) is 9.59 Å². The van der Waals surface area contributed by atoms with Crippen LogP contribution < -0.4 is 0 Å². The zero-order chi connectivity index (χ0) is 18.5. The third-order valence-corrected chi connectivity index (χ3v) is 4.95. The number of hydrogen-bond donors (Lipinski definition) is 0. The molecular formula is C21H19NO3S. The lowest BCUT2D eigenvalue weighted by Crippen LogP contribution is -2.05. The predicted molar refractivity (Wildman–Crippen MR) is 103 cm³/mol. The molecule has 0 spiro atoms. The van der Waals surface area contributed by atoms with Crippen molar-refractivity contribution in [2.24, 2.45) is 0 Å². The smallest absolute Gasteiger partial charge is 0.338 e. The standard InChI is InChI=1S/C21H19NO3S/c1-14(2)16-7-9-17(10-8-16)20-22-19(13-26-20)12-25-21(24)18-5-3-15(11-23)4-6-18/h3-11,13-14H,12H2,1-2H3. The lowest BCUT2D eigenvalue weighted by atomic mass is 10.0. The van der Waals surface area contributed by atoms with E-state index in [1.165, 1.54) is 16.9 Å². The molecule has 5 heteroatoms. The van der Waals surface area contributed by atoms with Crippen LogP contribution in [0.2, 0.25) is 0 Å². The minimum absolute atomic E-state index is 0.120. The maximum absolute atomic E-state index is 12.1. The van der Waals surface area contributed by atoms with E-state index in [4.69, 9.17) is 4.74 Å². The first-order valence-corrected chi connectivity index (χ1v) is 9.22. The van der Waals surface area contributed by atoms with E-state index < -0.39 is 5.97 Å². The predicted octanol–water partition coefficient (Wildman–Crippen LogP) is 5.10. The first-order chi connectivity index (χ1) is 12.6. The lowest BCUT2D eigenvalue weighted by Gasteiger charge is -2.05. The number of benzene rings is 2. The molecule has 4 nitrogen and oxygen atoms in total. The Kier molecular flexibility index (Phi) is 5.58. The van der Waals surface area contributed by atoms with Gasteiger partial charge in [-0.15, -0.1) is 11.3 Å². The van der Waals surface area contributed by atoms with Crippen LogP contribution in [0.4, 0.5) is 0 Å². The molecule has 0 aliphatic carbocycles. The Morgan fingerprint density at radius 1 is 1.12 bits per heavy atom. The number of aldehydes is 1. The molecule has 2 aromatic carbocycles. The highest BCUT2D eigenvalue weighted by atomic mass is 32.1. The topological polar surface area (TPSA) is 56.3 Å². The molecule has 3 rings (SSSR count). The highest BCUT2D eigenvalue weighted by Crippen LogP contribution is 2.26. The van der Waals surface area contributed by atoms with Crippen LogP contribution in [0.15, 0.2) is 53.9 Å². The number of aromatic nitrogens is 1. The van der Waals surface area contributed by atoms with Gasteiger partial charge in [-0.2, -0.15) is 0 Å². The molecule has 0 saturated heterocycles. The van der Waals surface area contributed by atoms with Gasteiger partial charge in [-0.05, 0) is 23.6 Å². The second-order valence-corrected chi connectivity index (χ2v) is 7.09. The molecule has 1 aromatic heterocycles. The molecule has 0 radical (unpaired) electrons. The van der Waals surface area contributed by atoms with Gasteiger partial charge in [0.2, 0.25) is 0 Å². The van der Waals surface area contributed by atoms with Crippen LogP contribution in [0.25, 0.3) is 10.6 Å². The third kappa shape index (κ3) is 4.24. The van der Waals surface area contributed by atoms with E-state index in [0.29, 0.717) is 17.0 Å². The maximum atomic E-state index is 12.1. The number of carbonyl (C=O) groups excluding carboxylic acids is 2. The molecule has 132 valence electrons. The fourth-order valence-electron chi connectivity index (χ4n) is 2.44. The van der Waals surface area contributed by atoms with Gasteiger partial charge >= 0.3 is 5.97 Å². The van der Waals surface area contributed by atoms with Crippen molar-refractivity contribution in [1.82, 2.24) is 4.98 Å². The number of hydrogen-bond acceptors (Lipinski definition) is 5. The molecule has 0 aliphatic heterocycles. The van der Waals surface area contributed by atoms with Crippen molar-refractivity contribution in [3.05, 3.63) is 76.3 Å². The zero-order valence-electron chi connectivity index (χ0n) is 14.6. The van der Waals surface area contributed by atoms with Gasteiger partial charge in [0.05, 0.1) is 11.3 Å². The van der Waals surface area contributed by atoms with Gasteiger partial charge in [-0.25, -0.2) is 9.78 Å². The Hall–Kier alpha value is -2.79. The highest BCUT2D eigenvalue weighted by molar-refractivity contribution is 7.13. The van der Waals surface area contributed by atoms with Crippen LogP contribution in [0.1, 0.15) is 51.7 Å². The average molecular weight is 365 g/mol. The summed E-state index contributed by atoms with van der Waals surface area (Å²) in [6, 6.07) is 14.7. The summed E-state index contributed by atoms with van der Waals surface area (Å²) in [6.07, 6.45) is 0.736. The second-order valence-electron chi connectivity index (χ2n) is 6.24. The summed E-state index contributed by atoms with van der Waals surface area (Å²) in [4.78, 5) is 27.2. The molecule has 3 aromatic rings. The summed E-state index contributed by atoms with van der Waals surface area (Å²) in [5.74, 6) is 0.0641. The third-order valence-electron chi connectivity index (χ3n) is 4.01. The van der Waals surface area contributed by atoms with Crippen LogP contribution in [-0.4, -0.2) is 17.2 Å². The van der Waals surface area contributed by atoms with Gasteiger partial charge in [-0.3, -0.25) is 4.79 Å². The van der Waals surface area contributed by atoms with Crippen molar-refractivity contribution in [3.63, 3.8) is 0 Å². The van der Waals surface area contributed by atoms with Gasteiger partial charge in [0.25, 0.3) is 0 Å². The molecule has 0 N–H and O–H groups in total. The molecule has 0 aliphatic rings. The fraction of sp³-hybridized carbons (Fsp3) is 0.190. The molecule has 0 amide bonds. The average Bonchev–Trinajstić information content (AvgIpc) is 3.15. The van der Waals surface area contributed by atoms with Gasteiger partial charge in [0.1, 0.15) is 17.9 Å². The highest BCUT2D eigenvalue weighted by Gasteiger charge is 2.10. The van der Waals surface area contributed by atoms with E-state index in [1.54, 1.807) is 24.3 Å². The van der Waals surface area contributed by atoms with Crippen LogP contribution in [0, 0.1) is 0 Å². The Balaban J connectivity index is 1.62. The van der Waals surface area contributed by atoms with Crippen molar-refractivity contribution in [1.29, 1.82) is 0 Å². The quantitative estimate of drug-likeness (QED) is 0.450. The largest absolute Gasteiger partial charge is 0.456 e. The van der Waals surface area contributed by atoms with Crippen molar-refractivity contribution < 1.29 is 14.3 Å². The van der Waals surface area contributed by atoms with E-state index >= 15 is 0 Å². The molecule has 0 bridgehead atoms. The Morgan fingerprint density at radius 2 is 1.81 bits per heavy atom. The number of thiazole rings is 1. The first kappa shape index (κ1) is 18.0. The normalized spacial score (nSPS) is 10.7. The SMILES string of the molecule is CC(C)c1ccc(-c2nc(COC(=O)c3ccc(C=O)cc3)cs2)cc1. The van der Waals surface area contributed by atoms with Crippen molar-refractivity contribution in [2.75, 3.05) is 0 Å². The summed E-state index contributed by atoms with van der Waals surface area (Å²) in [6.45, 7) is 4.45. The van der Waals surface area contributed by atoms with Crippen LogP contribution in [-0.2, 0) is 11.3 Å². The van der Waals surface area contributed by atoms with Crippen LogP contribution in [0.5, 0.6) is 0 Å². The van der Waals surface area contributed by atoms with Gasteiger partial charge in [-0.1, -0.05) is 50.2 Å². The fourth-order valence-corrected chi connectivity index (χ4v) is 3.25. The van der Waals surface area contributed by atoms with Crippen LogP contribution in [0.3, 0.4) is 0 Å². The number of esters is 1. The maximum Gasteiger partial charge on any atom is 0.338 e. The van der Waals surface area contributed by atoms with E-state index in [1.807, 2.05) is 5.38 Å². The minimum atomic E-state index is -0.432. The molecule has 0 unspecified atom stereocenters. The Morgan fingerprint density at radius 3 is 2.42 bits per heavy atom. The van der Waals surface area contributed by atoms with Gasteiger partial charge in [0, 0.05) is 16.5 Å². The monoisotopic (exact) mass is 365 g/mol. The van der Waals surface area contributed by atoms with Gasteiger partial charge < -0.3 is 4.74 Å². The molecule has 26 heavy (non-hydrogen) atoms. The Bertz CT molecular complexity index is 896. The summed E-state index contributed by atoms with van der Waals surface area (Å²) >= 11 is 1.53. The molecular weight excluding hydrogens is 346 g/mol. The van der Waals surface area contributed by atoms with E-state index in [0.717, 1.165) is 22.6 Å². The zero-order valence-corrected chi connectivity index (χ0v) is 15.5. The molecule has 1 heterocycles. The Labute approximate surface area is 156 Å². The number of ether oxygens (including phenoxy) is 1. The number of nitrogens with zero attached hydrogens (tertiary/aromatic N) is 1. The summed E-state index contributed by atoms with van der Waals surface area (Å²) in [5, 5.41) is 2.80. The van der Waals surface area contributed by atoms with Crippen LogP contribution >= 0.6 is 11.3 Å². The minimum Gasteiger partial charge on any atom is -0.456 e. The number of rotatable bonds is 6. The lowest BCUT2D eigenvalue weighted by molar-refractivity contribution is 0.0468. The van der Waals surface area contributed by atoms with Crippen molar-refractivity contribution in [2.45, 2.75) is 26.4 Å². The summed E-state index contributed by atoms with van der Waals surface area (Å²) < 4.78 is 5.30. The summed E-state index contributed by atoms with van der Waals surface area (Å²) in [5.41, 5.74) is 4.00.